The Morgan fingerprint density at radius 2 is 1.54 bits per heavy atom. The second-order valence-electron chi connectivity index (χ2n) is 9.52. The summed E-state index contributed by atoms with van der Waals surface area (Å²) in [6.45, 7) is 5.88. The lowest BCUT2D eigenvalue weighted by molar-refractivity contribution is -0.0402. The predicted octanol–water partition coefficient (Wildman–Crippen LogP) is 4.57. The van der Waals surface area contributed by atoms with Crippen LogP contribution in [0, 0.1) is 0 Å². The number of hydrogen-bond donors (Lipinski definition) is 2. The highest BCUT2D eigenvalue weighted by molar-refractivity contribution is 5.70. The Morgan fingerprint density at radius 1 is 0.892 bits per heavy atom. The molecule has 196 valence electrons. The van der Waals surface area contributed by atoms with Crippen LogP contribution < -0.4 is 10.5 Å². The summed E-state index contributed by atoms with van der Waals surface area (Å²) in [5.41, 5.74) is 8.89. The molecule has 37 heavy (non-hydrogen) atoms. The van der Waals surface area contributed by atoms with Crippen LogP contribution in [0.3, 0.4) is 0 Å². The Labute approximate surface area is 220 Å². The highest BCUT2D eigenvalue weighted by atomic mass is 16.5. The molecule has 3 aromatic rings. The molecule has 7 heteroatoms. The SMILES string of the molecule is NC(=O)N(O)CCCCc1cccc(OCCN2CCN(C(c3ccccc3)c3ccccc3)CC2)c1. The van der Waals surface area contributed by atoms with E-state index in [0.29, 0.717) is 18.1 Å². The second kappa shape index (κ2) is 13.8. The molecule has 0 aliphatic carbocycles. The average Bonchev–Trinajstić information content (AvgIpc) is 2.93. The minimum absolute atomic E-state index is 0.246. The van der Waals surface area contributed by atoms with Gasteiger partial charge in [0.15, 0.2) is 0 Å². The van der Waals surface area contributed by atoms with E-state index in [-0.39, 0.29) is 12.6 Å². The van der Waals surface area contributed by atoms with Crippen molar-refractivity contribution in [2.45, 2.75) is 25.3 Å². The minimum atomic E-state index is -0.816. The van der Waals surface area contributed by atoms with Crippen LogP contribution in [-0.4, -0.2) is 72.0 Å². The number of carbonyl (C=O) groups is 1. The first-order valence-electron chi connectivity index (χ1n) is 13.1. The molecule has 1 aliphatic heterocycles. The minimum Gasteiger partial charge on any atom is -0.492 e. The lowest BCUT2D eigenvalue weighted by Gasteiger charge is -2.39. The molecule has 7 nitrogen and oxygen atoms in total. The Bertz CT molecular complexity index is 1050. The molecule has 0 unspecified atom stereocenters. The first kappa shape index (κ1) is 26.7. The van der Waals surface area contributed by atoms with Crippen LogP contribution in [0.5, 0.6) is 5.75 Å². The van der Waals surface area contributed by atoms with Gasteiger partial charge in [0, 0.05) is 32.7 Å². The van der Waals surface area contributed by atoms with Crippen LogP contribution in [0.1, 0.15) is 35.6 Å². The fraction of sp³-hybridized carbons (Fsp3) is 0.367. The maximum absolute atomic E-state index is 10.9. The van der Waals surface area contributed by atoms with E-state index in [0.717, 1.165) is 51.3 Å². The molecule has 1 saturated heterocycles. The maximum atomic E-state index is 10.9. The molecule has 1 heterocycles. The van der Waals surface area contributed by atoms with Gasteiger partial charge in [0.2, 0.25) is 0 Å². The lowest BCUT2D eigenvalue weighted by atomic mass is 9.96. The number of rotatable bonds is 12. The zero-order valence-corrected chi connectivity index (χ0v) is 21.4. The van der Waals surface area contributed by atoms with Crippen LogP contribution in [0.15, 0.2) is 84.9 Å². The van der Waals surface area contributed by atoms with Gasteiger partial charge in [0.05, 0.1) is 12.6 Å². The first-order chi connectivity index (χ1) is 18.1. The molecular formula is C30H38N4O3. The van der Waals surface area contributed by atoms with E-state index in [1.54, 1.807) is 0 Å². The van der Waals surface area contributed by atoms with E-state index in [1.807, 2.05) is 12.1 Å². The van der Waals surface area contributed by atoms with Crippen molar-refractivity contribution in [3.8, 4) is 5.75 Å². The summed E-state index contributed by atoms with van der Waals surface area (Å²) in [6, 6.07) is 29.2. The molecule has 0 aromatic heterocycles. The summed E-state index contributed by atoms with van der Waals surface area (Å²) < 4.78 is 6.07. The molecule has 1 fully saturated rings. The third kappa shape index (κ3) is 8.05. The van der Waals surface area contributed by atoms with Crippen molar-refractivity contribution in [3.05, 3.63) is 102 Å². The van der Waals surface area contributed by atoms with E-state index in [4.69, 9.17) is 10.5 Å². The summed E-state index contributed by atoms with van der Waals surface area (Å²) >= 11 is 0. The summed E-state index contributed by atoms with van der Waals surface area (Å²) in [5.74, 6) is 0.880. The van der Waals surface area contributed by atoms with Crippen molar-refractivity contribution in [3.63, 3.8) is 0 Å². The van der Waals surface area contributed by atoms with Gasteiger partial charge in [0.1, 0.15) is 12.4 Å². The van der Waals surface area contributed by atoms with Crippen LogP contribution in [0.25, 0.3) is 0 Å². The van der Waals surface area contributed by atoms with Gasteiger partial charge in [-0.15, -0.1) is 0 Å². The Morgan fingerprint density at radius 3 is 2.16 bits per heavy atom. The van der Waals surface area contributed by atoms with Gasteiger partial charge >= 0.3 is 6.03 Å². The van der Waals surface area contributed by atoms with Crippen molar-refractivity contribution in [1.29, 1.82) is 0 Å². The Kier molecular flexibility index (Phi) is 9.94. The quantitative estimate of drug-likeness (QED) is 0.215. The summed E-state index contributed by atoms with van der Waals surface area (Å²) in [4.78, 5) is 15.9. The highest BCUT2D eigenvalue weighted by Gasteiger charge is 2.26. The van der Waals surface area contributed by atoms with Crippen molar-refractivity contribution in [1.82, 2.24) is 14.9 Å². The molecule has 0 atom stereocenters. The predicted molar refractivity (Wildman–Crippen MR) is 146 cm³/mol. The number of piperazine rings is 1. The standard InChI is InChI=1S/C30H38N4O3/c31-30(35)34(36)17-8-7-10-25-11-9-16-28(24-25)37-23-22-32-18-20-33(21-19-32)29(26-12-3-1-4-13-26)27-14-5-2-6-15-27/h1-6,9,11-16,24,29,36H,7-8,10,17-23H2,(H2,31,35). The maximum Gasteiger partial charge on any atom is 0.338 e. The number of hydroxylamine groups is 2. The van der Waals surface area contributed by atoms with E-state index in [9.17, 15) is 10.0 Å². The fourth-order valence-electron chi connectivity index (χ4n) is 4.91. The number of primary amides is 1. The third-order valence-corrected chi connectivity index (χ3v) is 6.92. The number of hydrogen-bond acceptors (Lipinski definition) is 5. The van der Waals surface area contributed by atoms with Gasteiger partial charge in [-0.2, -0.15) is 0 Å². The fourth-order valence-corrected chi connectivity index (χ4v) is 4.91. The summed E-state index contributed by atoms with van der Waals surface area (Å²) in [5, 5.41) is 9.91. The van der Waals surface area contributed by atoms with E-state index in [2.05, 4.69) is 82.6 Å². The van der Waals surface area contributed by atoms with Crippen molar-refractivity contribution in [2.75, 3.05) is 45.9 Å². The number of ether oxygens (including phenoxy) is 1. The van der Waals surface area contributed by atoms with E-state index in [1.165, 1.54) is 16.7 Å². The number of nitrogens with zero attached hydrogens (tertiary/aromatic N) is 3. The number of unbranched alkanes of at least 4 members (excludes halogenated alkanes) is 1. The smallest absolute Gasteiger partial charge is 0.338 e. The van der Waals surface area contributed by atoms with Gasteiger partial charge in [-0.25, -0.2) is 9.86 Å². The van der Waals surface area contributed by atoms with Crippen molar-refractivity contribution >= 4 is 6.03 Å². The third-order valence-electron chi connectivity index (χ3n) is 6.92. The Hall–Kier alpha value is -3.39. The zero-order valence-electron chi connectivity index (χ0n) is 21.4. The molecule has 0 spiro atoms. The molecule has 0 bridgehead atoms. The molecule has 4 rings (SSSR count). The van der Waals surface area contributed by atoms with Gasteiger partial charge < -0.3 is 10.5 Å². The zero-order chi connectivity index (χ0) is 25.9. The van der Waals surface area contributed by atoms with Gasteiger partial charge in [-0.05, 0) is 48.1 Å². The first-order valence-corrected chi connectivity index (χ1v) is 13.1. The number of urea groups is 1. The van der Waals surface area contributed by atoms with Crippen LogP contribution >= 0.6 is 0 Å². The Balaban J connectivity index is 1.22. The van der Waals surface area contributed by atoms with Crippen molar-refractivity contribution < 1.29 is 14.7 Å². The second-order valence-corrected chi connectivity index (χ2v) is 9.52. The van der Waals surface area contributed by atoms with Gasteiger partial charge in [-0.3, -0.25) is 15.0 Å². The number of carbonyl (C=O) groups excluding carboxylic acids is 1. The van der Waals surface area contributed by atoms with Crippen LogP contribution in [0.2, 0.25) is 0 Å². The molecule has 0 radical (unpaired) electrons. The molecule has 3 aromatic carbocycles. The number of amides is 2. The number of benzene rings is 3. The van der Waals surface area contributed by atoms with Gasteiger partial charge in [-0.1, -0.05) is 72.8 Å². The lowest BCUT2D eigenvalue weighted by Crippen LogP contribution is -2.48. The van der Waals surface area contributed by atoms with Crippen molar-refractivity contribution in [2.24, 2.45) is 5.73 Å². The van der Waals surface area contributed by atoms with E-state index >= 15 is 0 Å². The number of aryl methyl sites for hydroxylation is 1. The molecule has 3 N–H and O–H groups in total. The molecule has 1 aliphatic rings. The highest BCUT2D eigenvalue weighted by Crippen LogP contribution is 2.29. The normalized spacial score (nSPS) is 14.5. The molecule has 2 amide bonds. The monoisotopic (exact) mass is 502 g/mol. The van der Waals surface area contributed by atoms with Crippen LogP contribution in [0.4, 0.5) is 4.79 Å². The summed E-state index contributed by atoms with van der Waals surface area (Å²) in [6.07, 6.45) is 2.40. The molecular weight excluding hydrogens is 464 g/mol. The topological polar surface area (TPSA) is 82.3 Å². The largest absolute Gasteiger partial charge is 0.492 e. The average molecular weight is 503 g/mol. The van der Waals surface area contributed by atoms with Crippen LogP contribution in [-0.2, 0) is 6.42 Å². The van der Waals surface area contributed by atoms with Gasteiger partial charge in [0.25, 0.3) is 0 Å². The number of nitrogens with two attached hydrogens (primary N) is 1. The molecule has 0 saturated carbocycles. The van der Waals surface area contributed by atoms with E-state index < -0.39 is 6.03 Å². The summed E-state index contributed by atoms with van der Waals surface area (Å²) in [7, 11) is 0.